The number of allylic oxidation sites excluding steroid dienone is 2. The van der Waals surface area contributed by atoms with Gasteiger partial charge in [0.2, 0.25) is 0 Å². The molecule has 2 aromatic rings. The van der Waals surface area contributed by atoms with Crippen LogP contribution in [0, 0.1) is 5.92 Å². The maximum Gasteiger partial charge on any atom is 0.155 e. The molecule has 3 heteroatoms. The Morgan fingerprint density at radius 1 is 1.27 bits per heavy atom. The van der Waals surface area contributed by atoms with E-state index in [1.165, 1.54) is 16.8 Å². The molecule has 0 bridgehead atoms. The minimum Gasteiger partial charge on any atom is -0.295 e. The Bertz CT molecular complexity index is 772. The van der Waals surface area contributed by atoms with Crippen molar-refractivity contribution in [2.75, 3.05) is 0 Å². The Hall–Kier alpha value is -2.16. The number of carbonyl (C=O) groups excluding carboxylic acids is 1. The Labute approximate surface area is 130 Å². The molecule has 4 rings (SSSR count). The maximum absolute atomic E-state index is 11.8. The summed E-state index contributed by atoms with van der Waals surface area (Å²) in [4.78, 5) is 11.8. The summed E-state index contributed by atoms with van der Waals surface area (Å²) in [5, 5.41) is 4.86. The van der Waals surface area contributed by atoms with E-state index in [1.54, 1.807) is 6.08 Å². The molecule has 2 aliphatic carbocycles. The molecule has 1 unspecified atom stereocenters. The van der Waals surface area contributed by atoms with Gasteiger partial charge in [0.1, 0.15) is 0 Å². The Kier molecular flexibility index (Phi) is 2.86. The van der Waals surface area contributed by atoms with Crippen molar-refractivity contribution in [1.29, 1.82) is 0 Å². The van der Waals surface area contributed by atoms with Crippen molar-refractivity contribution in [2.24, 2.45) is 13.0 Å². The van der Waals surface area contributed by atoms with E-state index in [-0.39, 0.29) is 11.2 Å². The van der Waals surface area contributed by atoms with Gasteiger partial charge in [-0.05, 0) is 24.8 Å². The Morgan fingerprint density at radius 3 is 2.82 bits per heavy atom. The van der Waals surface area contributed by atoms with Crippen LogP contribution in [-0.4, -0.2) is 15.6 Å². The monoisotopic (exact) mass is 292 g/mol. The largest absolute Gasteiger partial charge is 0.295 e. The van der Waals surface area contributed by atoms with E-state index >= 15 is 0 Å². The van der Waals surface area contributed by atoms with Crippen LogP contribution >= 0.6 is 0 Å². The minimum absolute atomic E-state index is 0.105. The zero-order valence-electron chi connectivity index (χ0n) is 13.0. The topological polar surface area (TPSA) is 34.9 Å². The summed E-state index contributed by atoms with van der Waals surface area (Å²) in [6, 6.07) is 10.5. The summed E-state index contributed by atoms with van der Waals surface area (Å²) in [6.45, 7) is 2.24. The summed E-state index contributed by atoms with van der Waals surface area (Å²) >= 11 is 0. The second kappa shape index (κ2) is 4.67. The van der Waals surface area contributed by atoms with Gasteiger partial charge < -0.3 is 0 Å². The highest BCUT2D eigenvalue weighted by molar-refractivity contribution is 5.91. The first kappa shape index (κ1) is 13.5. The lowest BCUT2D eigenvalue weighted by Gasteiger charge is -2.40. The van der Waals surface area contributed by atoms with Gasteiger partial charge in [0, 0.05) is 30.0 Å². The molecule has 0 saturated heterocycles. The van der Waals surface area contributed by atoms with Crippen LogP contribution in [0.15, 0.2) is 42.5 Å². The van der Waals surface area contributed by atoms with Gasteiger partial charge in [0.25, 0.3) is 0 Å². The fourth-order valence-corrected chi connectivity index (χ4v) is 4.11. The van der Waals surface area contributed by atoms with E-state index in [0.717, 1.165) is 18.5 Å². The predicted molar refractivity (Wildman–Crippen MR) is 86.6 cm³/mol. The van der Waals surface area contributed by atoms with E-state index in [1.807, 2.05) is 17.8 Å². The zero-order valence-corrected chi connectivity index (χ0v) is 13.0. The number of nitrogens with zero attached hydrogens (tertiary/aromatic N) is 2. The van der Waals surface area contributed by atoms with Crippen LogP contribution < -0.4 is 0 Å². The van der Waals surface area contributed by atoms with Crippen LogP contribution in [0.25, 0.3) is 11.3 Å². The van der Waals surface area contributed by atoms with Crippen molar-refractivity contribution < 1.29 is 4.79 Å². The van der Waals surface area contributed by atoms with Crippen molar-refractivity contribution in [1.82, 2.24) is 9.78 Å². The molecule has 0 spiro atoms. The molecule has 112 valence electrons. The lowest BCUT2D eigenvalue weighted by molar-refractivity contribution is -0.116. The molecule has 0 fully saturated rings. The number of rotatable bonds is 1. The highest BCUT2D eigenvalue weighted by Gasteiger charge is 2.44. The molecule has 2 aliphatic rings. The molecule has 0 N–H and O–H groups in total. The van der Waals surface area contributed by atoms with Crippen LogP contribution in [-0.2, 0) is 23.7 Å². The maximum atomic E-state index is 11.8. The van der Waals surface area contributed by atoms with Gasteiger partial charge >= 0.3 is 0 Å². The normalized spacial score (nSPS) is 26.6. The van der Waals surface area contributed by atoms with Gasteiger partial charge in [-0.2, -0.15) is 5.10 Å². The van der Waals surface area contributed by atoms with E-state index in [0.29, 0.717) is 12.3 Å². The van der Waals surface area contributed by atoms with Crippen LogP contribution in [0.2, 0.25) is 0 Å². The highest BCUT2D eigenvalue weighted by atomic mass is 16.1. The zero-order chi connectivity index (χ0) is 15.3. The van der Waals surface area contributed by atoms with Crippen LogP contribution in [0.3, 0.4) is 0 Å². The lowest BCUT2D eigenvalue weighted by Crippen LogP contribution is -2.39. The second-order valence-electron chi connectivity index (χ2n) is 6.69. The van der Waals surface area contributed by atoms with E-state index in [4.69, 9.17) is 5.10 Å². The number of fused-ring (bicyclic) bond motifs is 3. The fraction of sp³-hybridized carbons (Fsp3) is 0.368. The highest BCUT2D eigenvalue weighted by Crippen LogP contribution is 2.47. The smallest absolute Gasteiger partial charge is 0.155 e. The van der Waals surface area contributed by atoms with Crippen molar-refractivity contribution >= 4 is 5.78 Å². The molecule has 1 aromatic carbocycles. The third kappa shape index (κ3) is 1.81. The standard InChI is InChI=1S/C19H20N2O/c1-19-11-10-15(22)12-14(19)8-9-16-17(21(2)20-18(16)19)13-6-4-3-5-7-13/h3-7,10-11,14H,8-9,12H2,1-2H3/t14?,19-/m0/s1. The number of aryl methyl sites for hydroxylation is 1. The molecule has 2 atom stereocenters. The number of benzene rings is 1. The molecular weight excluding hydrogens is 272 g/mol. The minimum atomic E-state index is -0.105. The summed E-state index contributed by atoms with van der Waals surface area (Å²) in [7, 11) is 2.02. The number of ketones is 1. The van der Waals surface area contributed by atoms with Crippen LogP contribution in [0.5, 0.6) is 0 Å². The first-order chi connectivity index (χ1) is 10.6. The van der Waals surface area contributed by atoms with Gasteiger partial charge in [-0.15, -0.1) is 0 Å². The van der Waals surface area contributed by atoms with Crippen LogP contribution in [0.4, 0.5) is 0 Å². The van der Waals surface area contributed by atoms with E-state index in [9.17, 15) is 4.79 Å². The number of hydrogen-bond donors (Lipinski definition) is 0. The lowest BCUT2D eigenvalue weighted by atomic mass is 9.63. The average Bonchev–Trinajstić information content (AvgIpc) is 2.86. The molecule has 0 radical (unpaired) electrons. The molecule has 3 nitrogen and oxygen atoms in total. The third-order valence-corrected chi connectivity index (χ3v) is 5.36. The third-order valence-electron chi connectivity index (χ3n) is 5.36. The molecule has 0 aliphatic heterocycles. The SMILES string of the molecule is Cn1nc2c(c1-c1ccccc1)CCC1CC(=O)C=C[C@]21C. The van der Waals surface area contributed by atoms with Gasteiger partial charge in [0.15, 0.2) is 5.78 Å². The number of hydrogen-bond acceptors (Lipinski definition) is 2. The van der Waals surface area contributed by atoms with Crippen molar-refractivity contribution in [3.05, 3.63) is 53.7 Å². The first-order valence-electron chi connectivity index (χ1n) is 7.93. The summed E-state index contributed by atoms with van der Waals surface area (Å²) in [6.07, 6.45) is 6.56. The molecule has 1 aromatic heterocycles. The quantitative estimate of drug-likeness (QED) is 0.807. The summed E-state index contributed by atoms with van der Waals surface area (Å²) < 4.78 is 2.01. The van der Waals surface area contributed by atoms with Crippen molar-refractivity contribution in [3.8, 4) is 11.3 Å². The van der Waals surface area contributed by atoms with Gasteiger partial charge in [0.05, 0.1) is 11.4 Å². The number of carbonyl (C=O) groups is 1. The first-order valence-corrected chi connectivity index (χ1v) is 7.93. The number of aromatic nitrogens is 2. The van der Waals surface area contributed by atoms with Crippen molar-refractivity contribution in [2.45, 2.75) is 31.6 Å². The Balaban J connectivity index is 1.91. The van der Waals surface area contributed by atoms with E-state index < -0.39 is 0 Å². The molecule has 0 amide bonds. The van der Waals surface area contributed by atoms with Crippen LogP contribution in [0.1, 0.15) is 31.0 Å². The summed E-state index contributed by atoms with van der Waals surface area (Å²) in [5.74, 6) is 0.640. The van der Waals surface area contributed by atoms with E-state index in [2.05, 4.69) is 37.3 Å². The van der Waals surface area contributed by atoms with Gasteiger partial charge in [-0.25, -0.2) is 0 Å². The molecule has 0 saturated carbocycles. The molecule has 22 heavy (non-hydrogen) atoms. The predicted octanol–water partition coefficient (Wildman–Crippen LogP) is 3.44. The molecular formula is C19H20N2O. The van der Waals surface area contributed by atoms with Gasteiger partial charge in [-0.1, -0.05) is 43.3 Å². The average molecular weight is 292 g/mol. The second-order valence-corrected chi connectivity index (χ2v) is 6.69. The van der Waals surface area contributed by atoms with Gasteiger partial charge in [-0.3, -0.25) is 9.48 Å². The fourth-order valence-electron chi connectivity index (χ4n) is 4.11. The van der Waals surface area contributed by atoms with Crippen molar-refractivity contribution in [3.63, 3.8) is 0 Å². The summed E-state index contributed by atoms with van der Waals surface area (Å²) in [5.41, 5.74) is 4.85. The Morgan fingerprint density at radius 2 is 2.05 bits per heavy atom. The molecule has 1 heterocycles.